The first kappa shape index (κ1) is 31.4. The van der Waals surface area contributed by atoms with Crippen molar-refractivity contribution in [3.8, 4) is 0 Å². The lowest BCUT2D eigenvalue weighted by Crippen LogP contribution is -2.51. The van der Waals surface area contributed by atoms with E-state index in [0.29, 0.717) is 35.9 Å². The van der Waals surface area contributed by atoms with Gasteiger partial charge in [0.05, 0.1) is 18.3 Å². The molecule has 0 spiro atoms. The maximum Gasteiger partial charge on any atom is 0.248 e. The smallest absolute Gasteiger partial charge is 0.248 e. The van der Waals surface area contributed by atoms with Gasteiger partial charge in [-0.2, -0.15) is 0 Å². The van der Waals surface area contributed by atoms with Crippen LogP contribution in [0.2, 0.25) is 0 Å². The number of hydrogen-bond donors (Lipinski definition) is 5. The minimum atomic E-state index is -3.62. The number of thiazole rings is 1. The van der Waals surface area contributed by atoms with Crippen LogP contribution >= 0.6 is 11.3 Å². The number of rotatable bonds is 18. The highest BCUT2D eigenvalue weighted by molar-refractivity contribution is 7.89. The molecule has 204 valence electrons. The number of amides is 3. The molecule has 0 fully saturated rings. The zero-order valence-electron chi connectivity index (χ0n) is 20.8. The van der Waals surface area contributed by atoms with E-state index in [4.69, 9.17) is 5.73 Å². The molecule has 6 N–H and O–H groups in total. The minimum Gasteiger partial charge on any atom is -0.344 e. The van der Waals surface area contributed by atoms with Gasteiger partial charge in [-0.1, -0.05) is 27.2 Å². The first-order valence-electron chi connectivity index (χ1n) is 11.7. The van der Waals surface area contributed by atoms with Gasteiger partial charge < -0.3 is 16.4 Å². The van der Waals surface area contributed by atoms with Crippen LogP contribution < -0.4 is 21.1 Å². The van der Waals surface area contributed by atoms with Crippen molar-refractivity contribution in [1.82, 2.24) is 20.1 Å². The number of aromatic nitrogens is 1. The maximum absolute atomic E-state index is 13.3. The normalized spacial score (nSPS) is 14.3. The molecule has 1 rings (SSSR count). The van der Waals surface area contributed by atoms with Gasteiger partial charge in [-0.05, 0) is 31.6 Å². The van der Waals surface area contributed by atoms with Crippen LogP contribution in [-0.4, -0.2) is 72.7 Å². The average molecular weight is 548 g/mol. The Morgan fingerprint density at radius 3 is 2.58 bits per heavy atom. The molecule has 3 amide bonds. The summed E-state index contributed by atoms with van der Waals surface area (Å²) in [6.45, 7) is 5.92. The molecule has 0 saturated carbocycles. The van der Waals surface area contributed by atoms with Crippen LogP contribution in [0.4, 0.5) is 5.13 Å². The van der Waals surface area contributed by atoms with Gasteiger partial charge in [0.2, 0.25) is 28.2 Å². The van der Waals surface area contributed by atoms with Crippen LogP contribution in [0.15, 0.2) is 16.6 Å². The third-order valence-corrected chi connectivity index (χ3v) is 6.77. The van der Waals surface area contributed by atoms with Crippen molar-refractivity contribution in [3.63, 3.8) is 0 Å². The molecule has 1 aromatic heterocycles. The Labute approximate surface area is 215 Å². The Bertz CT molecular complexity index is 941. The SMILES string of the molecule is CCC[C@@H]([C@@H](CC(C)C)C(=O)N[C@@H](CCCN=CNS(=O)(=O)CN)C(=O)Nc1nccs1)N(O)C=O. The highest BCUT2D eigenvalue weighted by atomic mass is 32.2. The number of sulfonamides is 1. The molecule has 1 heterocycles. The number of anilines is 1. The summed E-state index contributed by atoms with van der Waals surface area (Å²) in [5.74, 6) is -2.15. The van der Waals surface area contributed by atoms with Gasteiger partial charge in [0, 0.05) is 18.1 Å². The summed E-state index contributed by atoms with van der Waals surface area (Å²) in [5, 5.41) is 18.2. The van der Waals surface area contributed by atoms with E-state index < -0.39 is 45.7 Å². The number of nitrogens with zero attached hydrogens (tertiary/aromatic N) is 3. The highest BCUT2D eigenvalue weighted by Crippen LogP contribution is 2.23. The summed E-state index contributed by atoms with van der Waals surface area (Å²) in [6.07, 6.45) is 4.83. The number of nitrogens with one attached hydrogen (secondary N) is 3. The number of hydroxylamine groups is 2. The van der Waals surface area contributed by atoms with E-state index in [2.05, 4.69) is 25.3 Å². The van der Waals surface area contributed by atoms with Crippen LogP contribution in [0.5, 0.6) is 0 Å². The summed E-state index contributed by atoms with van der Waals surface area (Å²) in [7, 11) is -3.62. The summed E-state index contributed by atoms with van der Waals surface area (Å²) < 4.78 is 24.8. The van der Waals surface area contributed by atoms with E-state index >= 15 is 0 Å². The first-order chi connectivity index (χ1) is 17.0. The first-order valence-corrected chi connectivity index (χ1v) is 14.2. The molecular weight excluding hydrogens is 510 g/mol. The van der Waals surface area contributed by atoms with Crippen LogP contribution in [0, 0.1) is 11.8 Å². The highest BCUT2D eigenvalue weighted by Gasteiger charge is 2.34. The van der Waals surface area contributed by atoms with Crippen LogP contribution in [0.25, 0.3) is 0 Å². The van der Waals surface area contributed by atoms with Gasteiger partial charge in [-0.25, -0.2) is 18.5 Å². The summed E-state index contributed by atoms with van der Waals surface area (Å²) in [4.78, 5) is 45.5. The Morgan fingerprint density at radius 1 is 1.31 bits per heavy atom. The third kappa shape index (κ3) is 11.4. The quantitative estimate of drug-likeness (QED) is 0.0446. The zero-order valence-corrected chi connectivity index (χ0v) is 22.4. The second kappa shape index (κ2) is 16.2. The Balaban J connectivity index is 2.98. The summed E-state index contributed by atoms with van der Waals surface area (Å²) in [6, 6.07) is -1.68. The van der Waals surface area contributed by atoms with Crippen molar-refractivity contribution in [3.05, 3.63) is 11.6 Å². The molecule has 15 heteroatoms. The van der Waals surface area contributed by atoms with Gasteiger partial charge in [-0.3, -0.25) is 29.3 Å². The van der Waals surface area contributed by atoms with Crippen LogP contribution in [-0.2, 0) is 24.4 Å². The molecule has 0 bridgehead atoms. The molecular formula is C21H37N7O6S2. The Hall–Kier alpha value is -2.62. The second-order valence-electron chi connectivity index (χ2n) is 8.54. The molecule has 3 atom stereocenters. The number of nitrogens with two attached hydrogens (primary N) is 1. The van der Waals surface area contributed by atoms with E-state index in [1.807, 2.05) is 20.8 Å². The predicted molar refractivity (Wildman–Crippen MR) is 138 cm³/mol. The van der Waals surface area contributed by atoms with E-state index in [1.165, 1.54) is 17.5 Å². The lowest BCUT2D eigenvalue weighted by atomic mass is 9.86. The van der Waals surface area contributed by atoms with E-state index in [-0.39, 0.29) is 25.3 Å². The predicted octanol–water partition coefficient (Wildman–Crippen LogP) is 0.889. The lowest BCUT2D eigenvalue weighted by Gasteiger charge is -2.32. The van der Waals surface area contributed by atoms with Crippen LogP contribution in [0.3, 0.4) is 0 Å². The molecule has 0 radical (unpaired) electrons. The van der Waals surface area contributed by atoms with Gasteiger partial charge in [0.15, 0.2) is 5.13 Å². The topological polar surface area (TPSA) is 196 Å². The fourth-order valence-electron chi connectivity index (χ4n) is 3.48. The van der Waals surface area contributed by atoms with Crippen molar-refractivity contribution in [2.24, 2.45) is 22.6 Å². The molecule has 13 nitrogen and oxygen atoms in total. The molecule has 0 aliphatic heterocycles. The molecule has 0 saturated heterocycles. The number of carbonyl (C=O) groups is 3. The molecule has 0 aromatic carbocycles. The fourth-order valence-corrected chi connectivity index (χ4v) is 4.34. The van der Waals surface area contributed by atoms with Crippen molar-refractivity contribution in [2.75, 3.05) is 17.7 Å². The monoisotopic (exact) mass is 547 g/mol. The molecule has 1 aromatic rings. The van der Waals surface area contributed by atoms with E-state index in [0.717, 1.165) is 6.34 Å². The Kier molecular flexibility index (Phi) is 14.1. The fraction of sp³-hybridized carbons (Fsp3) is 0.667. The Morgan fingerprint density at radius 2 is 2.03 bits per heavy atom. The number of carbonyl (C=O) groups excluding carboxylic acids is 3. The number of aliphatic imine (C=N–C) groups is 1. The van der Waals surface area contributed by atoms with Crippen molar-refractivity contribution >= 4 is 51.1 Å². The van der Waals surface area contributed by atoms with Crippen molar-refractivity contribution in [2.45, 2.75) is 65.0 Å². The maximum atomic E-state index is 13.3. The summed E-state index contributed by atoms with van der Waals surface area (Å²) >= 11 is 1.23. The van der Waals surface area contributed by atoms with Crippen LogP contribution in [0.1, 0.15) is 52.9 Å². The molecule has 0 aliphatic rings. The number of hydrogen-bond acceptors (Lipinski definition) is 10. The standard InChI is InChI=1S/C21H37N7O6S2/c1-4-6-18(28(32)14-29)16(11-15(2)3)19(30)26-17(20(31)27-21-24-9-10-35-21)7-5-8-23-13-25-36(33,34)12-22/h9-10,13-18,32H,4-8,11-12,22H2,1-3H3,(H,23,25)(H,26,30)(H,24,27,31)/t16-,17+,18+/m1/s1. The van der Waals surface area contributed by atoms with Gasteiger partial charge in [0.25, 0.3) is 0 Å². The van der Waals surface area contributed by atoms with Crippen molar-refractivity contribution < 1.29 is 28.0 Å². The molecule has 0 unspecified atom stereocenters. The summed E-state index contributed by atoms with van der Waals surface area (Å²) in [5.41, 5.74) is 5.11. The van der Waals surface area contributed by atoms with E-state index in [9.17, 15) is 28.0 Å². The molecule has 36 heavy (non-hydrogen) atoms. The van der Waals surface area contributed by atoms with Gasteiger partial charge in [-0.15, -0.1) is 11.3 Å². The van der Waals surface area contributed by atoms with Gasteiger partial charge >= 0.3 is 0 Å². The van der Waals surface area contributed by atoms with Crippen molar-refractivity contribution in [1.29, 1.82) is 0 Å². The van der Waals surface area contributed by atoms with E-state index in [1.54, 1.807) is 5.38 Å². The minimum absolute atomic E-state index is 0.0920. The largest absolute Gasteiger partial charge is 0.344 e. The third-order valence-electron chi connectivity index (χ3n) is 5.18. The zero-order chi connectivity index (χ0) is 27.1. The lowest BCUT2D eigenvalue weighted by molar-refractivity contribution is -0.169. The second-order valence-corrected chi connectivity index (χ2v) is 11.2. The molecule has 0 aliphatic carbocycles. The average Bonchev–Trinajstić information content (AvgIpc) is 3.34. The van der Waals surface area contributed by atoms with Gasteiger partial charge in [0.1, 0.15) is 11.9 Å².